The van der Waals surface area contributed by atoms with Crippen molar-refractivity contribution in [2.24, 2.45) is 0 Å². The summed E-state index contributed by atoms with van der Waals surface area (Å²) in [5.41, 5.74) is 0.212. The monoisotopic (exact) mass is 280 g/mol. The molecular weight excluding hydrogens is 256 g/mol. The van der Waals surface area contributed by atoms with Crippen LogP contribution in [0.15, 0.2) is 12.4 Å². The van der Waals surface area contributed by atoms with E-state index in [1.165, 1.54) is 13.3 Å². The molecule has 0 atom stereocenters. The van der Waals surface area contributed by atoms with Crippen molar-refractivity contribution in [1.29, 1.82) is 0 Å². The maximum atomic E-state index is 11.2. The van der Waals surface area contributed by atoms with Crippen LogP contribution in [-0.2, 0) is 4.74 Å². The molecule has 0 radical (unpaired) electrons. The summed E-state index contributed by atoms with van der Waals surface area (Å²) in [7, 11) is 1.32. The van der Waals surface area contributed by atoms with Crippen molar-refractivity contribution in [2.75, 3.05) is 25.5 Å². The molecule has 0 bridgehead atoms. The average molecular weight is 280 g/mol. The van der Waals surface area contributed by atoms with Crippen molar-refractivity contribution in [3.05, 3.63) is 18.1 Å². The summed E-state index contributed by atoms with van der Waals surface area (Å²) in [5.74, 6) is 0.181. The minimum Gasteiger partial charge on any atom is -0.464 e. The molecule has 0 fully saturated rings. The molecule has 0 aliphatic heterocycles. The summed E-state index contributed by atoms with van der Waals surface area (Å²) in [6.45, 7) is 10.4. The molecule has 0 aliphatic rings. The molecule has 0 amide bonds. The van der Waals surface area contributed by atoms with E-state index < -0.39 is 5.97 Å². The second kappa shape index (κ2) is 7.79. The summed E-state index contributed by atoms with van der Waals surface area (Å²) in [4.78, 5) is 21.8. The van der Waals surface area contributed by atoms with Gasteiger partial charge in [0, 0.05) is 25.2 Å². The standard InChI is InChI=1S/C14H24N4O2/c1-10(2)18(11(3)4)7-6-15-13-9-16-12(8-17-13)14(19)20-5/h8-11H,6-7H2,1-5H3,(H,15,17). The molecule has 20 heavy (non-hydrogen) atoms. The number of anilines is 1. The van der Waals surface area contributed by atoms with E-state index in [0.29, 0.717) is 17.9 Å². The van der Waals surface area contributed by atoms with Crippen LogP contribution in [0.25, 0.3) is 0 Å². The Kier molecular flexibility index (Phi) is 6.38. The number of ether oxygens (including phenoxy) is 1. The highest BCUT2D eigenvalue weighted by atomic mass is 16.5. The third-order valence-corrected chi connectivity index (χ3v) is 3.05. The Hall–Kier alpha value is -1.69. The van der Waals surface area contributed by atoms with Crippen molar-refractivity contribution in [3.8, 4) is 0 Å². The molecule has 6 nitrogen and oxygen atoms in total. The van der Waals surface area contributed by atoms with Gasteiger partial charge in [-0.05, 0) is 27.7 Å². The Morgan fingerprint density at radius 2 is 1.90 bits per heavy atom. The number of hydrogen-bond acceptors (Lipinski definition) is 6. The van der Waals surface area contributed by atoms with Gasteiger partial charge in [-0.1, -0.05) is 0 Å². The van der Waals surface area contributed by atoms with E-state index in [2.05, 4.69) is 52.6 Å². The van der Waals surface area contributed by atoms with Crippen LogP contribution < -0.4 is 5.32 Å². The van der Waals surface area contributed by atoms with Gasteiger partial charge < -0.3 is 10.1 Å². The molecule has 1 heterocycles. The number of hydrogen-bond donors (Lipinski definition) is 1. The van der Waals surface area contributed by atoms with Crippen LogP contribution in [0.3, 0.4) is 0 Å². The number of carbonyl (C=O) groups is 1. The fraction of sp³-hybridized carbons (Fsp3) is 0.643. The lowest BCUT2D eigenvalue weighted by molar-refractivity contribution is 0.0593. The summed E-state index contributed by atoms with van der Waals surface area (Å²) < 4.78 is 4.57. The van der Waals surface area contributed by atoms with Gasteiger partial charge in [0.2, 0.25) is 0 Å². The predicted molar refractivity (Wildman–Crippen MR) is 78.8 cm³/mol. The molecule has 1 N–H and O–H groups in total. The number of nitrogens with one attached hydrogen (secondary N) is 1. The second-order valence-electron chi connectivity index (χ2n) is 5.13. The Bertz CT molecular complexity index is 410. The van der Waals surface area contributed by atoms with Crippen molar-refractivity contribution < 1.29 is 9.53 Å². The zero-order valence-corrected chi connectivity index (χ0v) is 12.9. The van der Waals surface area contributed by atoms with Crippen molar-refractivity contribution in [2.45, 2.75) is 39.8 Å². The molecule has 6 heteroatoms. The van der Waals surface area contributed by atoms with E-state index in [-0.39, 0.29) is 5.69 Å². The number of carbonyl (C=O) groups excluding carboxylic acids is 1. The molecule has 0 saturated carbocycles. The Morgan fingerprint density at radius 3 is 2.35 bits per heavy atom. The maximum Gasteiger partial charge on any atom is 0.358 e. The quantitative estimate of drug-likeness (QED) is 0.768. The van der Waals surface area contributed by atoms with Crippen LogP contribution in [0.2, 0.25) is 0 Å². The third-order valence-electron chi connectivity index (χ3n) is 3.05. The zero-order chi connectivity index (χ0) is 15.1. The zero-order valence-electron chi connectivity index (χ0n) is 12.9. The summed E-state index contributed by atoms with van der Waals surface area (Å²) >= 11 is 0. The predicted octanol–water partition coefficient (Wildman–Crippen LogP) is 1.79. The third kappa shape index (κ3) is 4.77. The normalized spacial score (nSPS) is 11.2. The molecule has 0 spiro atoms. The summed E-state index contributed by atoms with van der Waals surface area (Å²) in [6, 6.07) is 1.01. The topological polar surface area (TPSA) is 67.3 Å². The number of esters is 1. The van der Waals surface area contributed by atoms with Gasteiger partial charge in [0.05, 0.1) is 19.5 Å². The van der Waals surface area contributed by atoms with Gasteiger partial charge in [-0.3, -0.25) is 4.90 Å². The Balaban J connectivity index is 2.48. The van der Waals surface area contributed by atoms with Crippen molar-refractivity contribution in [3.63, 3.8) is 0 Å². The lowest BCUT2D eigenvalue weighted by Gasteiger charge is -2.30. The average Bonchev–Trinajstić information content (AvgIpc) is 2.42. The first-order valence-corrected chi connectivity index (χ1v) is 6.85. The molecule has 1 aromatic rings. The minimum atomic E-state index is -0.477. The number of nitrogens with zero attached hydrogens (tertiary/aromatic N) is 3. The summed E-state index contributed by atoms with van der Waals surface area (Å²) in [5, 5.41) is 3.20. The summed E-state index contributed by atoms with van der Waals surface area (Å²) in [6.07, 6.45) is 2.96. The van der Waals surface area contributed by atoms with Crippen LogP contribution >= 0.6 is 0 Å². The molecular formula is C14H24N4O2. The van der Waals surface area contributed by atoms with Gasteiger partial charge in [-0.2, -0.15) is 0 Å². The van der Waals surface area contributed by atoms with Gasteiger partial charge in [0.25, 0.3) is 0 Å². The van der Waals surface area contributed by atoms with Crippen molar-refractivity contribution in [1.82, 2.24) is 14.9 Å². The molecule has 0 unspecified atom stereocenters. The van der Waals surface area contributed by atoms with Gasteiger partial charge >= 0.3 is 5.97 Å². The highest BCUT2D eigenvalue weighted by Crippen LogP contribution is 2.05. The number of rotatable bonds is 7. The van der Waals surface area contributed by atoms with Crippen LogP contribution in [0.1, 0.15) is 38.2 Å². The molecule has 0 aromatic carbocycles. The molecule has 1 rings (SSSR count). The first-order valence-electron chi connectivity index (χ1n) is 6.85. The van der Waals surface area contributed by atoms with Gasteiger partial charge in [0.15, 0.2) is 5.69 Å². The lowest BCUT2D eigenvalue weighted by atomic mass is 10.2. The minimum absolute atomic E-state index is 0.212. The molecule has 1 aromatic heterocycles. The fourth-order valence-electron chi connectivity index (χ4n) is 2.06. The van der Waals surface area contributed by atoms with E-state index in [4.69, 9.17) is 0 Å². The van der Waals surface area contributed by atoms with E-state index in [1.54, 1.807) is 6.20 Å². The van der Waals surface area contributed by atoms with Crippen LogP contribution in [0.4, 0.5) is 5.82 Å². The highest BCUT2D eigenvalue weighted by Gasteiger charge is 2.12. The van der Waals surface area contributed by atoms with Gasteiger partial charge in [0.1, 0.15) is 5.82 Å². The fourth-order valence-corrected chi connectivity index (χ4v) is 2.06. The Morgan fingerprint density at radius 1 is 1.25 bits per heavy atom. The van der Waals surface area contributed by atoms with Gasteiger partial charge in [-0.25, -0.2) is 14.8 Å². The number of aromatic nitrogens is 2. The van der Waals surface area contributed by atoms with E-state index in [0.717, 1.165) is 13.1 Å². The van der Waals surface area contributed by atoms with Gasteiger partial charge in [-0.15, -0.1) is 0 Å². The number of methoxy groups -OCH3 is 1. The van der Waals surface area contributed by atoms with Crippen LogP contribution in [-0.4, -0.2) is 53.1 Å². The molecule has 112 valence electrons. The van der Waals surface area contributed by atoms with E-state index in [1.807, 2.05) is 0 Å². The second-order valence-corrected chi connectivity index (χ2v) is 5.13. The van der Waals surface area contributed by atoms with E-state index >= 15 is 0 Å². The first kappa shape index (κ1) is 16.4. The highest BCUT2D eigenvalue weighted by molar-refractivity contribution is 5.86. The lowest BCUT2D eigenvalue weighted by Crippen LogP contribution is -2.40. The smallest absolute Gasteiger partial charge is 0.358 e. The molecule has 0 saturated heterocycles. The maximum absolute atomic E-state index is 11.2. The first-order chi connectivity index (χ1) is 9.45. The van der Waals surface area contributed by atoms with Crippen LogP contribution in [0, 0.1) is 0 Å². The van der Waals surface area contributed by atoms with E-state index in [9.17, 15) is 4.79 Å². The van der Waals surface area contributed by atoms with Crippen LogP contribution in [0.5, 0.6) is 0 Å². The SMILES string of the molecule is COC(=O)c1cnc(NCCN(C(C)C)C(C)C)cn1. The van der Waals surface area contributed by atoms with Crippen molar-refractivity contribution >= 4 is 11.8 Å². The Labute approximate surface area is 120 Å². The largest absolute Gasteiger partial charge is 0.464 e. The molecule has 0 aliphatic carbocycles.